The van der Waals surface area contributed by atoms with Crippen molar-refractivity contribution < 1.29 is 19.0 Å². The number of ether oxygens (including phenoxy) is 2. The van der Waals surface area contributed by atoms with Crippen LogP contribution in [-0.4, -0.2) is 24.4 Å². The standard InChI is InChI=1S/C15H13ClFNO3/c16-11-4-2-1-3-9(11)10-5-12(17)13(19)15-14(10)21-8(6-18)7-20-15/h1-5,8,19H,6-7,18H2/t8-/m0/s1. The van der Waals surface area contributed by atoms with E-state index in [9.17, 15) is 9.50 Å². The number of benzene rings is 2. The normalized spacial score (nSPS) is 16.8. The van der Waals surface area contributed by atoms with Gasteiger partial charge in [0.1, 0.15) is 12.7 Å². The zero-order valence-electron chi connectivity index (χ0n) is 11.0. The van der Waals surface area contributed by atoms with Crippen molar-refractivity contribution in [2.24, 2.45) is 5.73 Å². The van der Waals surface area contributed by atoms with Gasteiger partial charge in [-0.3, -0.25) is 0 Å². The summed E-state index contributed by atoms with van der Waals surface area (Å²) in [4.78, 5) is 0. The van der Waals surface area contributed by atoms with Crippen LogP contribution in [0.25, 0.3) is 11.1 Å². The Morgan fingerprint density at radius 3 is 2.76 bits per heavy atom. The number of halogens is 2. The van der Waals surface area contributed by atoms with Gasteiger partial charge in [-0.05, 0) is 12.1 Å². The minimum absolute atomic E-state index is 0.0189. The maximum Gasteiger partial charge on any atom is 0.207 e. The predicted octanol–water partition coefficient (Wildman–Crippen LogP) is 2.95. The van der Waals surface area contributed by atoms with Gasteiger partial charge in [0, 0.05) is 22.7 Å². The van der Waals surface area contributed by atoms with Crippen molar-refractivity contribution in [1.82, 2.24) is 0 Å². The molecule has 4 nitrogen and oxygen atoms in total. The van der Waals surface area contributed by atoms with Crippen LogP contribution >= 0.6 is 11.6 Å². The van der Waals surface area contributed by atoms with Gasteiger partial charge < -0.3 is 20.3 Å². The Bertz CT molecular complexity index is 693. The van der Waals surface area contributed by atoms with Crippen LogP contribution in [0.1, 0.15) is 0 Å². The minimum Gasteiger partial charge on any atom is -0.502 e. The Kier molecular flexibility index (Phi) is 3.61. The zero-order chi connectivity index (χ0) is 15.0. The van der Waals surface area contributed by atoms with Crippen LogP contribution < -0.4 is 15.2 Å². The molecule has 6 heteroatoms. The van der Waals surface area contributed by atoms with Crippen molar-refractivity contribution in [3.8, 4) is 28.4 Å². The number of phenolic OH excluding ortho intramolecular Hbond substituents is 1. The summed E-state index contributed by atoms with van der Waals surface area (Å²) in [6, 6.07) is 8.16. The summed E-state index contributed by atoms with van der Waals surface area (Å²) in [5, 5.41) is 10.2. The third-order valence-corrected chi connectivity index (χ3v) is 3.62. The summed E-state index contributed by atoms with van der Waals surface area (Å²) >= 11 is 6.16. The minimum atomic E-state index is -0.793. The molecule has 0 radical (unpaired) electrons. The summed E-state index contributed by atoms with van der Waals surface area (Å²) in [7, 11) is 0. The summed E-state index contributed by atoms with van der Waals surface area (Å²) in [6.07, 6.45) is -0.358. The zero-order valence-corrected chi connectivity index (χ0v) is 11.7. The summed E-state index contributed by atoms with van der Waals surface area (Å²) in [5.41, 5.74) is 6.59. The fraction of sp³-hybridized carbons (Fsp3) is 0.200. The first-order chi connectivity index (χ1) is 10.1. The number of hydrogen-bond donors (Lipinski definition) is 2. The molecule has 0 saturated carbocycles. The maximum atomic E-state index is 13.9. The van der Waals surface area contributed by atoms with Crippen molar-refractivity contribution in [3.05, 3.63) is 41.2 Å². The van der Waals surface area contributed by atoms with E-state index < -0.39 is 11.6 Å². The lowest BCUT2D eigenvalue weighted by Crippen LogP contribution is -2.36. The molecule has 1 heterocycles. The molecule has 0 aromatic heterocycles. The Balaban J connectivity index is 2.22. The average Bonchev–Trinajstić information content (AvgIpc) is 2.51. The number of fused-ring (bicyclic) bond motifs is 1. The second-order valence-corrected chi connectivity index (χ2v) is 5.09. The molecule has 0 amide bonds. The molecule has 1 aliphatic heterocycles. The molecule has 0 saturated heterocycles. The third-order valence-electron chi connectivity index (χ3n) is 3.29. The highest BCUT2D eigenvalue weighted by Crippen LogP contribution is 2.49. The first kappa shape index (κ1) is 14.0. The van der Waals surface area contributed by atoms with Crippen LogP contribution in [0.5, 0.6) is 17.2 Å². The Morgan fingerprint density at radius 1 is 1.29 bits per heavy atom. The molecule has 0 aliphatic carbocycles. The van der Waals surface area contributed by atoms with Crippen molar-refractivity contribution in [3.63, 3.8) is 0 Å². The molecular formula is C15H13ClFNO3. The monoisotopic (exact) mass is 309 g/mol. The van der Waals surface area contributed by atoms with E-state index in [1.165, 1.54) is 6.07 Å². The molecule has 0 bridgehead atoms. The number of phenols is 1. The molecule has 0 unspecified atom stereocenters. The van der Waals surface area contributed by atoms with Crippen LogP contribution in [0.2, 0.25) is 5.02 Å². The summed E-state index contributed by atoms with van der Waals surface area (Å²) in [6.45, 7) is 0.405. The highest BCUT2D eigenvalue weighted by atomic mass is 35.5. The molecule has 0 spiro atoms. The number of rotatable bonds is 2. The molecule has 21 heavy (non-hydrogen) atoms. The van der Waals surface area contributed by atoms with Crippen LogP contribution in [-0.2, 0) is 0 Å². The van der Waals surface area contributed by atoms with Crippen molar-refractivity contribution in [2.75, 3.05) is 13.2 Å². The molecule has 110 valence electrons. The average molecular weight is 310 g/mol. The fourth-order valence-electron chi connectivity index (χ4n) is 2.22. The van der Waals surface area contributed by atoms with E-state index in [0.717, 1.165) is 0 Å². The van der Waals surface area contributed by atoms with Crippen LogP contribution in [0.3, 0.4) is 0 Å². The van der Waals surface area contributed by atoms with E-state index in [0.29, 0.717) is 16.1 Å². The van der Waals surface area contributed by atoms with Gasteiger partial charge >= 0.3 is 0 Å². The molecule has 3 N–H and O–H groups in total. The molecule has 1 atom stereocenters. The van der Waals surface area contributed by atoms with Crippen LogP contribution in [0.15, 0.2) is 30.3 Å². The van der Waals surface area contributed by atoms with E-state index in [1.54, 1.807) is 24.3 Å². The second kappa shape index (κ2) is 5.42. The molecule has 3 rings (SSSR count). The van der Waals surface area contributed by atoms with Gasteiger partial charge in [0.2, 0.25) is 5.75 Å². The van der Waals surface area contributed by atoms with Gasteiger partial charge in [0.15, 0.2) is 17.3 Å². The summed E-state index contributed by atoms with van der Waals surface area (Å²) < 4.78 is 25.0. The Hall–Kier alpha value is -1.98. The highest BCUT2D eigenvalue weighted by molar-refractivity contribution is 6.33. The fourth-order valence-corrected chi connectivity index (χ4v) is 2.46. The van der Waals surface area contributed by atoms with Gasteiger partial charge in [-0.2, -0.15) is 0 Å². The molecule has 2 aromatic carbocycles. The highest BCUT2D eigenvalue weighted by Gasteiger charge is 2.29. The van der Waals surface area contributed by atoms with Crippen LogP contribution in [0.4, 0.5) is 4.39 Å². The van der Waals surface area contributed by atoms with E-state index in [-0.39, 0.29) is 30.8 Å². The largest absolute Gasteiger partial charge is 0.502 e. The molecular weight excluding hydrogens is 297 g/mol. The first-order valence-electron chi connectivity index (χ1n) is 6.41. The van der Waals surface area contributed by atoms with Crippen molar-refractivity contribution >= 4 is 11.6 Å². The quantitative estimate of drug-likeness (QED) is 0.895. The van der Waals surface area contributed by atoms with Gasteiger partial charge in [-0.15, -0.1) is 0 Å². The topological polar surface area (TPSA) is 64.7 Å². The van der Waals surface area contributed by atoms with E-state index in [4.69, 9.17) is 26.8 Å². The van der Waals surface area contributed by atoms with Gasteiger partial charge in [-0.25, -0.2) is 4.39 Å². The first-order valence-corrected chi connectivity index (χ1v) is 6.79. The van der Waals surface area contributed by atoms with E-state index in [1.807, 2.05) is 0 Å². The summed E-state index contributed by atoms with van der Waals surface area (Å²) in [5.74, 6) is -1.13. The Labute approximate surface area is 125 Å². The van der Waals surface area contributed by atoms with Crippen molar-refractivity contribution in [2.45, 2.75) is 6.10 Å². The number of nitrogens with two attached hydrogens (primary N) is 1. The lowest BCUT2D eigenvalue weighted by molar-refractivity contribution is 0.0935. The van der Waals surface area contributed by atoms with Crippen LogP contribution in [0, 0.1) is 5.82 Å². The van der Waals surface area contributed by atoms with Gasteiger partial charge in [0.05, 0.1) is 0 Å². The third kappa shape index (κ3) is 2.39. The van der Waals surface area contributed by atoms with E-state index in [2.05, 4.69) is 0 Å². The number of aromatic hydroxyl groups is 1. The lowest BCUT2D eigenvalue weighted by Gasteiger charge is -2.28. The Morgan fingerprint density at radius 2 is 2.05 bits per heavy atom. The molecule has 0 fully saturated rings. The SMILES string of the molecule is NC[C@H]1COc2c(O)c(F)cc(-c3ccccc3Cl)c2O1. The predicted molar refractivity (Wildman–Crippen MR) is 77.5 cm³/mol. The van der Waals surface area contributed by atoms with Gasteiger partial charge in [-0.1, -0.05) is 29.8 Å². The van der Waals surface area contributed by atoms with E-state index >= 15 is 0 Å². The number of hydrogen-bond acceptors (Lipinski definition) is 4. The van der Waals surface area contributed by atoms with Gasteiger partial charge in [0.25, 0.3) is 0 Å². The van der Waals surface area contributed by atoms with Crippen molar-refractivity contribution in [1.29, 1.82) is 0 Å². The second-order valence-electron chi connectivity index (χ2n) is 4.68. The molecule has 1 aliphatic rings. The smallest absolute Gasteiger partial charge is 0.207 e. The molecule has 2 aromatic rings. The maximum absolute atomic E-state index is 13.9. The lowest BCUT2D eigenvalue weighted by atomic mass is 10.0.